The van der Waals surface area contributed by atoms with Gasteiger partial charge in [0.2, 0.25) is 0 Å². The summed E-state index contributed by atoms with van der Waals surface area (Å²) in [6.45, 7) is 1.98. The topological polar surface area (TPSA) is 76.7 Å². The Kier molecular flexibility index (Phi) is 7.74. The van der Waals surface area contributed by atoms with Gasteiger partial charge >= 0.3 is 0 Å². The summed E-state index contributed by atoms with van der Waals surface area (Å²) in [6, 6.07) is 14.6. The molecule has 0 saturated heterocycles. The zero-order chi connectivity index (χ0) is 21.7. The van der Waals surface area contributed by atoms with Gasteiger partial charge in [0.25, 0.3) is 11.8 Å². The molecule has 0 saturated carbocycles. The zero-order valence-corrected chi connectivity index (χ0v) is 20.6. The highest BCUT2D eigenvalue weighted by atomic mass is 79.9. The Balaban J connectivity index is 1.60. The second kappa shape index (κ2) is 10.3. The van der Waals surface area contributed by atoms with Crippen LogP contribution in [0.3, 0.4) is 0 Å². The maximum atomic E-state index is 12.4. The molecule has 0 aliphatic carbocycles. The second-order valence-corrected chi connectivity index (χ2v) is 8.73. The van der Waals surface area contributed by atoms with Crippen molar-refractivity contribution in [1.82, 2.24) is 10.9 Å². The molecule has 156 valence electrons. The van der Waals surface area contributed by atoms with Gasteiger partial charge in [0, 0.05) is 8.95 Å². The lowest BCUT2D eigenvalue weighted by Crippen LogP contribution is -2.44. The molecule has 2 N–H and O–H groups in total. The van der Waals surface area contributed by atoms with Gasteiger partial charge in [0.1, 0.15) is 11.5 Å². The first-order valence-electron chi connectivity index (χ1n) is 8.91. The van der Waals surface area contributed by atoms with Crippen molar-refractivity contribution in [2.45, 2.75) is 6.92 Å². The fourth-order valence-electron chi connectivity index (χ4n) is 2.69. The highest BCUT2D eigenvalue weighted by molar-refractivity contribution is 9.11. The van der Waals surface area contributed by atoms with Gasteiger partial charge in [-0.1, -0.05) is 44.0 Å². The minimum atomic E-state index is -0.501. The maximum Gasteiger partial charge on any atom is 0.276 e. The van der Waals surface area contributed by atoms with Crippen LogP contribution in [0.1, 0.15) is 17.3 Å². The Morgan fingerprint density at radius 3 is 2.33 bits per heavy atom. The van der Waals surface area contributed by atoms with Gasteiger partial charge in [0.15, 0.2) is 6.61 Å². The third-order valence-corrected chi connectivity index (χ3v) is 5.85. The van der Waals surface area contributed by atoms with Crippen molar-refractivity contribution in [2.24, 2.45) is 0 Å². The van der Waals surface area contributed by atoms with Gasteiger partial charge in [-0.15, -0.1) is 0 Å². The van der Waals surface area contributed by atoms with E-state index in [1.807, 2.05) is 31.2 Å². The number of hydrazine groups is 1. The van der Waals surface area contributed by atoms with Crippen LogP contribution in [0, 0.1) is 0 Å². The summed E-state index contributed by atoms with van der Waals surface area (Å²) in [6.07, 6.45) is 0. The first-order valence-corrected chi connectivity index (χ1v) is 11.3. The molecule has 3 aromatic rings. The number of rotatable bonds is 6. The number of benzene rings is 3. The molecule has 6 nitrogen and oxygen atoms in total. The molecular weight excluding hydrogens is 584 g/mol. The third kappa shape index (κ3) is 5.53. The number of carbonyl (C=O) groups excluding carboxylic acids is 2. The predicted octanol–water partition coefficient (Wildman–Crippen LogP) is 5.37. The van der Waals surface area contributed by atoms with Crippen molar-refractivity contribution >= 4 is 70.4 Å². The van der Waals surface area contributed by atoms with Crippen LogP contribution in [0.4, 0.5) is 0 Å². The fraction of sp³-hybridized carbons (Fsp3) is 0.143. The van der Waals surface area contributed by atoms with E-state index >= 15 is 0 Å². The summed E-state index contributed by atoms with van der Waals surface area (Å²) in [5.41, 5.74) is 5.03. The van der Waals surface area contributed by atoms with Gasteiger partial charge in [-0.05, 0) is 70.0 Å². The minimum Gasteiger partial charge on any atom is -0.493 e. The molecule has 30 heavy (non-hydrogen) atoms. The van der Waals surface area contributed by atoms with Crippen LogP contribution in [-0.2, 0) is 4.79 Å². The van der Waals surface area contributed by atoms with E-state index < -0.39 is 11.8 Å². The molecule has 0 fully saturated rings. The molecule has 0 aromatic heterocycles. The van der Waals surface area contributed by atoms with Gasteiger partial charge < -0.3 is 9.47 Å². The van der Waals surface area contributed by atoms with Crippen LogP contribution >= 0.6 is 47.8 Å². The van der Waals surface area contributed by atoms with Crippen LogP contribution < -0.4 is 20.3 Å². The van der Waals surface area contributed by atoms with Crippen molar-refractivity contribution in [1.29, 1.82) is 0 Å². The molecule has 0 spiro atoms. The van der Waals surface area contributed by atoms with Crippen molar-refractivity contribution in [3.05, 3.63) is 67.5 Å². The Hall–Kier alpha value is -2.10. The lowest BCUT2D eigenvalue weighted by atomic mass is 10.1. The molecule has 0 bridgehead atoms. The van der Waals surface area contributed by atoms with E-state index in [9.17, 15) is 9.59 Å². The number of hydrogen-bond acceptors (Lipinski definition) is 4. The minimum absolute atomic E-state index is 0.266. The fourth-order valence-corrected chi connectivity index (χ4v) is 4.04. The van der Waals surface area contributed by atoms with Gasteiger partial charge in [-0.3, -0.25) is 20.4 Å². The average molecular weight is 601 g/mol. The smallest absolute Gasteiger partial charge is 0.276 e. The molecular formula is C21H17Br3N2O4. The van der Waals surface area contributed by atoms with E-state index in [0.717, 1.165) is 24.2 Å². The Bertz CT molecular complexity index is 1110. The van der Waals surface area contributed by atoms with Crippen LogP contribution in [0.25, 0.3) is 10.8 Å². The molecule has 9 heteroatoms. The SMILES string of the molecule is CCOc1ccc(Br)cc1C(=O)NNC(=O)COc1ccc2cc(Br)ccc2c1Br. The second-order valence-electron chi connectivity index (χ2n) is 6.11. The largest absolute Gasteiger partial charge is 0.493 e. The Morgan fingerprint density at radius 2 is 1.57 bits per heavy atom. The predicted molar refractivity (Wildman–Crippen MR) is 126 cm³/mol. The molecule has 0 aliphatic heterocycles. The standard InChI is InChI=1S/C21H17Br3N2O4/c1-2-29-17-8-5-14(23)10-16(17)21(28)26-25-19(27)11-30-18-7-3-12-9-13(22)4-6-15(12)20(18)24/h3-10H,2,11H2,1H3,(H,25,27)(H,26,28). The van der Waals surface area contributed by atoms with E-state index in [-0.39, 0.29) is 6.61 Å². The molecule has 2 amide bonds. The van der Waals surface area contributed by atoms with E-state index in [4.69, 9.17) is 9.47 Å². The number of fused-ring (bicyclic) bond motifs is 1. The Morgan fingerprint density at radius 1 is 0.867 bits per heavy atom. The lowest BCUT2D eigenvalue weighted by molar-refractivity contribution is -0.123. The van der Waals surface area contributed by atoms with Crippen LogP contribution in [0.15, 0.2) is 61.9 Å². The summed E-state index contributed by atoms with van der Waals surface area (Å²) >= 11 is 10.3. The molecule has 0 radical (unpaired) electrons. The average Bonchev–Trinajstić information content (AvgIpc) is 2.72. The van der Waals surface area contributed by atoms with Gasteiger partial charge in [-0.25, -0.2) is 0 Å². The maximum absolute atomic E-state index is 12.4. The quantitative estimate of drug-likeness (QED) is 0.373. The van der Waals surface area contributed by atoms with Crippen molar-refractivity contribution in [3.63, 3.8) is 0 Å². The number of amides is 2. The van der Waals surface area contributed by atoms with Gasteiger partial charge in [-0.2, -0.15) is 0 Å². The first kappa shape index (κ1) is 22.6. The molecule has 3 rings (SSSR count). The van der Waals surface area contributed by atoms with Crippen LogP contribution in [-0.4, -0.2) is 25.0 Å². The Labute approximate surface area is 198 Å². The molecule has 0 heterocycles. The van der Waals surface area contributed by atoms with Gasteiger partial charge in [0.05, 0.1) is 16.6 Å². The van der Waals surface area contributed by atoms with E-state index in [1.54, 1.807) is 24.3 Å². The lowest BCUT2D eigenvalue weighted by Gasteiger charge is -2.13. The first-order chi connectivity index (χ1) is 14.4. The van der Waals surface area contributed by atoms with Crippen LogP contribution in [0.2, 0.25) is 0 Å². The van der Waals surface area contributed by atoms with Crippen molar-refractivity contribution in [2.75, 3.05) is 13.2 Å². The summed E-state index contributed by atoms with van der Waals surface area (Å²) in [7, 11) is 0. The molecule has 0 aliphatic rings. The number of ether oxygens (including phenoxy) is 2. The number of hydrogen-bond donors (Lipinski definition) is 2. The number of carbonyl (C=O) groups is 2. The van der Waals surface area contributed by atoms with E-state index in [1.165, 1.54) is 0 Å². The zero-order valence-electron chi connectivity index (χ0n) is 15.8. The molecule has 0 atom stereocenters. The highest BCUT2D eigenvalue weighted by Gasteiger charge is 2.15. The van der Waals surface area contributed by atoms with E-state index in [2.05, 4.69) is 58.6 Å². The normalized spacial score (nSPS) is 10.5. The molecule has 3 aromatic carbocycles. The monoisotopic (exact) mass is 598 g/mol. The highest BCUT2D eigenvalue weighted by Crippen LogP contribution is 2.34. The summed E-state index contributed by atoms with van der Waals surface area (Å²) in [5, 5.41) is 1.99. The third-order valence-electron chi connectivity index (χ3n) is 4.04. The van der Waals surface area contributed by atoms with E-state index in [0.29, 0.717) is 23.7 Å². The number of nitrogens with one attached hydrogen (secondary N) is 2. The summed E-state index contributed by atoms with van der Waals surface area (Å²) in [5.74, 6) is -0.0444. The summed E-state index contributed by atoms with van der Waals surface area (Å²) in [4.78, 5) is 24.6. The van der Waals surface area contributed by atoms with Crippen molar-refractivity contribution < 1.29 is 19.1 Å². The van der Waals surface area contributed by atoms with Crippen LogP contribution in [0.5, 0.6) is 11.5 Å². The summed E-state index contributed by atoms with van der Waals surface area (Å²) < 4.78 is 13.5. The number of halogens is 3. The molecule has 0 unspecified atom stereocenters. The van der Waals surface area contributed by atoms with Crippen molar-refractivity contribution in [3.8, 4) is 11.5 Å².